The zero-order valence-corrected chi connectivity index (χ0v) is 33.1. The molecular weight excluding hydrogens is 747 g/mol. The van der Waals surface area contributed by atoms with E-state index in [1.807, 2.05) is 85.7 Å². The van der Waals surface area contributed by atoms with Gasteiger partial charge in [-0.15, -0.1) is 6.42 Å². The van der Waals surface area contributed by atoms with Gasteiger partial charge >= 0.3 is 0 Å². The van der Waals surface area contributed by atoms with Crippen LogP contribution in [0.3, 0.4) is 0 Å². The summed E-state index contributed by atoms with van der Waals surface area (Å²) in [6, 6.07) is 21.5. The van der Waals surface area contributed by atoms with Crippen molar-refractivity contribution >= 4 is 32.6 Å². The zero-order valence-electron chi connectivity index (χ0n) is 32.3. The van der Waals surface area contributed by atoms with Crippen LogP contribution in [0.2, 0.25) is 0 Å². The monoisotopic (exact) mass is 795 g/mol. The summed E-state index contributed by atoms with van der Waals surface area (Å²) in [5, 5.41) is 11.8. The van der Waals surface area contributed by atoms with E-state index in [4.69, 9.17) is 35.8 Å². The number of benzene rings is 3. The lowest BCUT2D eigenvalue weighted by Crippen LogP contribution is -2.73. The summed E-state index contributed by atoms with van der Waals surface area (Å²) >= 11 is 1.45. The number of fused-ring (bicyclic) bond motifs is 4. The molecule has 5 saturated heterocycles. The van der Waals surface area contributed by atoms with Gasteiger partial charge in [0, 0.05) is 32.7 Å². The minimum absolute atomic E-state index is 0.0334. The summed E-state index contributed by atoms with van der Waals surface area (Å²) in [6.45, 7) is 4.14. The number of nitrogen functional groups attached to an aromatic ring is 1. The molecule has 15 nitrogen and oxygen atoms in total. The first-order chi connectivity index (χ1) is 27.8. The van der Waals surface area contributed by atoms with Gasteiger partial charge < -0.3 is 39.2 Å². The van der Waals surface area contributed by atoms with E-state index in [-0.39, 0.29) is 49.4 Å². The van der Waals surface area contributed by atoms with Crippen LogP contribution in [-0.4, -0.2) is 139 Å². The van der Waals surface area contributed by atoms with E-state index < -0.39 is 6.04 Å². The molecule has 4 N–H and O–H groups in total. The Morgan fingerprint density at radius 2 is 1.79 bits per heavy atom. The average Bonchev–Trinajstić information content (AvgIpc) is 4.15. The van der Waals surface area contributed by atoms with Crippen molar-refractivity contribution in [3.05, 3.63) is 83.4 Å². The number of hydrogen-bond donors (Lipinski definition) is 3. The van der Waals surface area contributed by atoms with Gasteiger partial charge in [-0.3, -0.25) is 15.4 Å². The lowest BCUT2D eigenvalue weighted by molar-refractivity contribution is -0.190. The van der Waals surface area contributed by atoms with E-state index in [2.05, 4.69) is 41.4 Å². The molecule has 0 bridgehead atoms. The number of para-hydroxylation sites is 1. The van der Waals surface area contributed by atoms with Crippen LogP contribution in [0.15, 0.2) is 66.7 Å². The highest BCUT2D eigenvalue weighted by molar-refractivity contribution is 7.22. The van der Waals surface area contributed by atoms with E-state index >= 15 is 0 Å². The predicted octanol–water partition coefficient (Wildman–Crippen LogP) is 2.04. The Bertz CT molecular complexity index is 2100. The van der Waals surface area contributed by atoms with E-state index in [0.29, 0.717) is 50.0 Å². The van der Waals surface area contributed by atoms with E-state index in [1.54, 1.807) is 7.11 Å². The molecule has 0 spiro atoms. The number of hydrazine groups is 1. The quantitative estimate of drug-likeness (QED) is 0.106. The molecule has 3 aromatic carbocycles. The minimum atomic E-state index is -0.498. The molecule has 9 rings (SSSR count). The van der Waals surface area contributed by atoms with Crippen LogP contribution in [0.1, 0.15) is 16.7 Å². The van der Waals surface area contributed by atoms with Crippen LogP contribution in [-0.2, 0) is 38.5 Å². The zero-order chi connectivity index (χ0) is 39.2. The maximum Gasteiger partial charge on any atom is 0.241 e. The Hall–Kier alpha value is -4.38. The fourth-order valence-corrected chi connectivity index (χ4v) is 8.79. The Balaban J connectivity index is 0.943. The van der Waals surface area contributed by atoms with Crippen LogP contribution >= 0.6 is 11.3 Å². The van der Waals surface area contributed by atoms with E-state index in [0.717, 1.165) is 45.7 Å². The van der Waals surface area contributed by atoms with Crippen molar-refractivity contribution in [3.63, 3.8) is 0 Å². The van der Waals surface area contributed by atoms with Gasteiger partial charge in [-0.25, -0.2) is 14.9 Å². The Labute approximate surface area is 336 Å². The molecule has 4 aromatic rings. The molecule has 1 amide bonds. The first-order valence-corrected chi connectivity index (χ1v) is 20.2. The van der Waals surface area contributed by atoms with Crippen LogP contribution in [0.5, 0.6) is 11.5 Å². The lowest BCUT2D eigenvalue weighted by atomic mass is 9.97. The molecule has 5 aliphatic rings. The van der Waals surface area contributed by atoms with Gasteiger partial charge in [0.15, 0.2) is 23.8 Å². The first-order valence-electron chi connectivity index (χ1n) is 19.4. The second-order valence-electron chi connectivity index (χ2n) is 15.3. The summed E-state index contributed by atoms with van der Waals surface area (Å²) in [5.41, 5.74) is 10.0. The van der Waals surface area contributed by atoms with Crippen molar-refractivity contribution in [2.75, 3.05) is 59.7 Å². The summed E-state index contributed by atoms with van der Waals surface area (Å²) in [7, 11) is 5.74. The number of nitrogens with zero attached hydrogens (tertiary/aromatic N) is 6. The third-order valence-electron chi connectivity index (χ3n) is 11.1. The molecule has 6 heterocycles. The number of anilines is 1. The second kappa shape index (κ2) is 16.1. The van der Waals surface area contributed by atoms with Gasteiger partial charge in [-0.2, -0.15) is 5.01 Å². The van der Waals surface area contributed by atoms with Crippen molar-refractivity contribution in [3.8, 4) is 23.8 Å². The predicted molar refractivity (Wildman–Crippen MR) is 214 cm³/mol. The minimum Gasteiger partial charge on any atom is -0.497 e. The molecule has 5 aliphatic heterocycles. The highest BCUT2D eigenvalue weighted by Crippen LogP contribution is 2.43. The molecule has 16 heteroatoms. The van der Waals surface area contributed by atoms with Crippen molar-refractivity contribution in [1.29, 1.82) is 0 Å². The summed E-state index contributed by atoms with van der Waals surface area (Å²) < 4.78 is 30.6. The second-order valence-corrected chi connectivity index (χ2v) is 16.4. The maximum atomic E-state index is 14.8. The standard InChI is InChI=1S/C41H49N9O6S/c1-5-18-48(39-35(55-39)44-21-26-11-13-28(52-4)14-12-26)49-23-31-38(54-31)50-30(20-25-9-15-29(16-10-25)53-40-36(56-40)43-17-19-46(2)3)37(51)47(24-33(49)50)22-27-7-6-8-32-34(27)45-41(42)57-32/h1,6-16,30-31,33,35-36,38-40,43-44H,17-24H2,2-4H3,(H2,42,45)/t30-,31?,33+,35?,36?,38?,39?,40?/m0/s1. The number of amides is 1. The van der Waals surface area contributed by atoms with Crippen molar-refractivity contribution in [2.45, 2.75) is 69.0 Å². The Morgan fingerprint density at radius 3 is 2.56 bits per heavy atom. The van der Waals surface area contributed by atoms with Gasteiger partial charge in [0.05, 0.1) is 42.6 Å². The van der Waals surface area contributed by atoms with Gasteiger partial charge in [-0.05, 0) is 67.5 Å². The van der Waals surface area contributed by atoms with E-state index in [1.165, 1.54) is 11.3 Å². The third-order valence-corrected chi connectivity index (χ3v) is 11.9. The molecule has 8 atom stereocenters. The SMILES string of the molecule is C#CCN(C1OC1NCc1ccc(OC)cc1)N1CC2OC2N2[C@@H](Cc3ccc(OC4OC4NCCN(C)C)cc3)C(=O)N(Cc3cccc4sc(N)nc34)C[C@@H]21. The number of nitrogens with two attached hydrogens (primary N) is 1. The van der Waals surface area contributed by atoms with Gasteiger partial charge in [-0.1, -0.05) is 53.7 Å². The number of aromatic nitrogens is 1. The summed E-state index contributed by atoms with van der Waals surface area (Å²) in [4.78, 5) is 25.7. The number of terminal acetylenes is 1. The normalized spacial score (nSPS) is 28.0. The Kier molecular flexibility index (Phi) is 10.8. The molecular formula is C41H49N9O6S. The topological polar surface area (TPSA) is 152 Å². The highest BCUT2D eigenvalue weighted by atomic mass is 32.1. The van der Waals surface area contributed by atoms with Gasteiger partial charge in [0.25, 0.3) is 0 Å². The van der Waals surface area contributed by atoms with E-state index in [9.17, 15) is 4.79 Å². The molecule has 0 aliphatic carbocycles. The van der Waals surface area contributed by atoms with Crippen LogP contribution in [0, 0.1) is 12.3 Å². The molecule has 300 valence electrons. The number of epoxide rings is 3. The highest BCUT2D eigenvalue weighted by Gasteiger charge is 2.61. The van der Waals surface area contributed by atoms with Gasteiger partial charge in [0.1, 0.15) is 23.8 Å². The number of methoxy groups -OCH3 is 1. The molecule has 0 radical (unpaired) electrons. The molecule has 57 heavy (non-hydrogen) atoms. The third kappa shape index (κ3) is 8.32. The molecule has 5 fully saturated rings. The number of piperazine rings is 1. The molecule has 0 saturated carbocycles. The number of ether oxygens (including phenoxy) is 5. The van der Waals surface area contributed by atoms with Crippen LogP contribution in [0.4, 0.5) is 5.13 Å². The van der Waals surface area contributed by atoms with Crippen molar-refractivity contribution < 1.29 is 28.5 Å². The van der Waals surface area contributed by atoms with Crippen molar-refractivity contribution in [1.82, 2.24) is 40.3 Å². The molecule has 1 aromatic heterocycles. The number of likely N-dealkylation sites (N-methyl/N-ethyl adjacent to an activating group) is 1. The number of nitrogens with one attached hydrogen (secondary N) is 2. The lowest BCUT2D eigenvalue weighted by Gasteiger charge is -2.53. The number of thiazole rings is 1. The number of carbonyl (C=O) groups is 1. The summed E-state index contributed by atoms with van der Waals surface area (Å²) in [5.74, 6) is 4.43. The Morgan fingerprint density at radius 1 is 1.00 bits per heavy atom. The van der Waals surface area contributed by atoms with Crippen LogP contribution < -0.4 is 25.8 Å². The first kappa shape index (κ1) is 38.2. The van der Waals surface area contributed by atoms with Gasteiger partial charge in [0.2, 0.25) is 12.2 Å². The maximum absolute atomic E-state index is 14.8. The molecule has 6 unspecified atom stereocenters. The van der Waals surface area contributed by atoms with Crippen molar-refractivity contribution in [2.24, 2.45) is 0 Å². The fourth-order valence-electron chi connectivity index (χ4n) is 8.01. The smallest absolute Gasteiger partial charge is 0.241 e. The average molecular weight is 796 g/mol. The number of rotatable bonds is 17. The number of hydrogen-bond acceptors (Lipinski definition) is 15. The van der Waals surface area contributed by atoms with Crippen LogP contribution in [0.25, 0.3) is 10.2 Å². The number of carbonyl (C=O) groups excluding carboxylic acids is 1. The largest absolute Gasteiger partial charge is 0.497 e. The fraction of sp³-hybridized carbons (Fsp3) is 0.463. The summed E-state index contributed by atoms with van der Waals surface area (Å²) in [6.07, 6.45) is 5.10.